The molecule has 0 fully saturated rings. The lowest BCUT2D eigenvalue weighted by Gasteiger charge is -2.31. The zero-order valence-electron chi connectivity index (χ0n) is 16.4. The van der Waals surface area contributed by atoms with Crippen LogP contribution in [-0.2, 0) is 23.8 Å². The maximum atomic E-state index is 11.9. The summed E-state index contributed by atoms with van der Waals surface area (Å²) in [5.74, 6) is -0.542. The topological polar surface area (TPSA) is 74.2 Å². The molecule has 0 spiro atoms. The number of rotatable bonds is 5. The molecule has 6 nitrogen and oxygen atoms in total. The molecule has 0 radical (unpaired) electrons. The van der Waals surface area contributed by atoms with Gasteiger partial charge in [0, 0.05) is 19.1 Å². The third kappa shape index (κ3) is 4.49. The average Bonchev–Trinajstić information content (AvgIpc) is 3.19. The molecule has 30 heavy (non-hydrogen) atoms. The van der Waals surface area contributed by atoms with Crippen LogP contribution < -0.4 is 0 Å². The number of hydrogen-bond donors (Lipinski definition) is 0. The molecule has 0 bridgehead atoms. The fourth-order valence-electron chi connectivity index (χ4n) is 3.50. The third-order valence-electron chi connectivity index (χ3n) is 4.82. The lowest BCUT2D eigenvalue weighted by Crippen LogP contribution is -2.45. The molecule has 2 aromatic carbocycles. The molecule has 0 N–H and O–H groups in total. The van der Waals surface area contributed by atoms with E-state index < -0.39 is 36.3 Å². The molecule has 0 saturated heterocycles. The lowest BCUT2D eigenvalue weighted by atomic mass is 9.94. The second-order valence-corrected chi connectivity index (χ2v) is 6.99. The van der Waals surface area contributed by atoms with E-state index in [9.17, 15) is 9.59 Å². The predicted octanol–water partition coefficient (Wildman–Crippen LogP) is 3.65. The SMILES string of the molecule is CC(=O)O[C@H]1C=CC(=O)O[C@@H]1[C@@H]1N=C(/C=C/c2ccccc2)O[C@@H]1c1ccccc1. The smallest absolute Gasteiger partial charge is 0.331 e. The van der Waals surface area contributed by atoms with Crippen molar-refractivity contribution in [3.05, 3.63) is 90.0 Å². The number of benzene rings is 2. The van der Waals surface area contributed by atoms with Crippen LogP contribution in [0.15, 0.2) is 83.9 Å². The Morgan fingerprint density at radius 2 is 1.70 bits per heavy atom. The van der Waals surface area contributed by atoms with Gasteiger partial charge in [0.15, 0.2) is 18.3 Å². The summed E-state index contributed by atoms with van der Waals surface area (Å²) in [6.45, 7) is 1.32. The summed E-state index contributed by atoms with van der Waals surface area (Å²) < 4.78 is 17.0. The van der Waals surface area contributed by atoms with Gasteiger partial charge < -0.3 is 14.2 Å². The summed E-state index contributed by atoms with van der Waals surface area (Å²) in [5.41, 5.74) is 1.90. The summed E-state index contributed by atoms with van der Waals surface area (Å²) in [5, 5.41) is 0. The molecule has 0 aromatic heterocycles. The largest absolute Gasteiger partial charge is 0.467 e. The molecule has 152 valence electrons. The Morgan fingerprint density at radius 3 is 2.40 bits per heavy atom. The molecule has 4 atom stereocenters. The van der Waals surface area contributed by atoms with E-state index in [0.717, 1.165) is 11.1 Å². The Balaban J connectivity index is 1.66. The number of esters is 2. The minimum atomic E-state index is -0.792. The molecular formula is C24H21NO5. The van der Waals surface area contributed by atoms with E-state index in [4.69, 9.17) is 14.2 Å². The number of aliphatic imine (C=N–C) groups is 1. The molecule has 4 rings (SSSR count). The van der Waals surface area contributed by atoms with Crippen LogP contribution in [0.25, 0.3) is 6.08 Å². The van der Waals surface area contributed by atoms with Crippen LogP contribution in [0.2, 0.25) is 0 Å². The molecule has 2 aliphatic rings. The van der Waals surface area contributed by atoms with E-state index in [2.05, 4.69) is 4.99 Å². The normalized spacial score (nSPS) is 25.5. The molecule has 0 unspecified atom stereocenters. The summed E-state index contributed by atoms with van der Waals surface area (Å²) >= 11 is 0. The first-order valence-corrected chi connectivity index (χ1v) is 9.69. The highest BCUT2D eigenvalue weighted by Gasteiger charge is 2.45. The molecule has 2 aromatic rings. The van der Waals surface area contributed by atoms with Gasteiger partial charge in [0.05, 0.1) is 0 Å². The van der Waals surface area contributed by atoms with Crippen LogP contribution in [0.3, 0.4) is 0 Å². The zero-order valence-corrected chi connectivity index (χ0v) is 16.4. The monoisotopic (exact) mass is 403 g/mol. The maximum Gasteiger partial charge on any atom is 0.331 e. The number of hydrogen-bond acceptors (Lipinski definition) is 6. The van der Waals surface area contributed by atoms with E-state index in [-0.39, 0.29) is 0 Å². The fourth-order valence-corrected chi connectivity index (χ4v) is 3.50. The minimum Gasteiger partial charge on any atom is -0.467 e. The van der Waals surface area contributed by atoms with Gasteiger partial charge in [-0.25, -0.2) is 9.79 Å². The van der Waals surface area contributed by atoms with Crippen molar-refractivity contribution in [1.29, 1.82) is 0 Å². The van der Waals surface area contributed by atoms with Crippen molar-refractivity contribution in [2.24, 2.45) is 4.99 Å². The highest BCUT2D eigenvalue weighted by molar-refractivity contribution is 5.93. The average molecular weight is 403 g/mol. The summed E-state index contributed by atoms with van der Waals surface area (Å²) in [7, 11) is 0. The second kappa shape index (κ2) is 8.78. The van der Waals surface area contributed by atoms with Crippen LogP contribution in [0.5, 0.6) is 0 Å². The van der Waals surface area contributed by atoms with E-state index in [1.165, 1.54) is 19.1 Å². The minimum absolute atomic E-state index is 0.421. The standard InChI is InChI=1S/C24H21NO5/c1-16(26)28-19-13-15-21(27)30-24(19)22-23(18-10-6-3-7-11-18)29-20(25-22)14-12-17-8-4-2-5-9-17/h2-15,19,22-24H,1H3/b14-12+/t19-,22+,23+,24-/m0/s1. The third-order valence-corrected chi connectivity index (χ3v) is 4.82. The van der Waals surface area contributed by atoms with Crippen molar-refractivity contribution >= 4 is 23.9 Å². The van der Waals surface area contributed by atoms with Crippen molar-refractivity contribution < 1.29 is 23.8 Å². The first-order valence-electron chi connectivity index (χ1n) is 9.69. The van der Waals surface area contributed by atoms with E-state index >= 15 is 0 Å². The van der Waals surface area contributed by atoms with Gasteiger partial charge in [-0.3, -0.25) is 4.79 Å². The van der Waals surface area contributed by atoms with E-state index in [1.807, 2.05) is 66.7 Å². The Hall–Kier alpha value is -3.67. The number of carbonyl (C=O) groups excluding carboxylic acids is 2. The predicted molar refractivity (Wildman–Crippen MR) is 112 cm³/mol. The van der Waals surface area contributed by atoms with Gasteiger partial charge in [0.25, 0.3) is 0 Å². The lowest BCUT2D eigenvalue weighted by molar-refractivity contribution is -0.165. The quantitative estimate of drug-likeness (QED) is 0.713. The molecule has 2 heterocycles. The van der Waals surface area contributed by atoms with E-state index in [0.29, 0.717) is 5.90 Å². The summed E-state index contributed by atoms with van der Waals surface area (Å²) in [6, 6.07) is 18.8. The van der Waals surface area contributed by atoms with E-state index in [1.54, 1.807) is 6.08 Å². The molecule has 6 heteroatoms. The first kappa shape index (κ1) is 19.6. The molecule has 0 aliphatic carbocycles. The van der Waals surface area contributed by atoms with Crippen LogP contribution >= 0.6 is 0 Å². The Labute approximate surface area is 174 Å². The van der Waals surface area contributed by atoms with Gasteiger partial charge >= 0.3 is 11.9 Å². The number of ether oxygens (including phenoxy) is 3. The summed E-state index contributed by atoms with van der Waals surface area (Å²) in [6.07, 6.45) is 4.47. The van der Waals surface area contributed by atoms with Crippen molar-refractivity contribution in [2.75, 3.05) is 0 Å². The highest BCUT2D eigenvalue weighted by Crippen LogP contribution is 2.35. The Kier molecular flexibility index (Phi) is 5.75. The Morgan fingerprint density at radius 1 is 1.00 bits per heavy atom. The van der Waals surface area contributed by atoms with Crippen molar-refractivity contribution in [3.8, 4) is 0 Å². The number of cyclic esters (lactones) is 1. The molecule has 0 amide bonds. The van der Waals surface area contributed by atoms with Crippen LogP contribution in [-0.4, -0.2) is 36.1 Å². The van der Waals surface area contributed by atoms with Crippen molar-refractivity contribution in [3.63, 3.8) is 0 Å². The molecule has 0 saturated carbocycles. The Bertz CT molecular complexity index is 997. The van der Waals surface area contributed by atoms with Crippen LogP contribution in [0.1, 0.15) is 24.2 Å². The number of nitrogens with zero attached hydrogens (tertiary/aromatic N) is 1. The fraction of sp³-hybridized carbons (Fsp3) is 0.208. The van der Waals surface area contributed by atoms with Crippen molar-refractivity contribution in [1.82, 2.24) is 0 Å². The molecular weight excluding hydrogens is 382 g/mol. The van der Waals surface area contributed by atoms with Gasteiger partial charge in [-0.2, -0.15) is 0 Å². The van der Waals surface area contributed by atoms with Gasteiger partial charge in [-0.1, -0.05) is 60.7 Å². The maximum absolute atomic E-state index is 11.9. The summed E-state index contributed by atoms with van der Waals surface area (Å²) in [4.78, 5) is 28.2. The van der Waals surface area contributed by atoms with Crippen LogP contribution in [0.4, 0.5) is 0 Å². The first-order chi connectivity index (χ1) is 14.6. The van der Waals surface area contributed by atoms with Gasteiger partial charge in [-0.15, -0.1) is 0 Å². The van der Waals surface area contributed by atoms with Crippen molar-refractivity contribution in [2.45, 2.75) is 31.3 Å². The van der Waals surface area contributed by atoms with Gasteiger partial charge in [-0.05, 0) is 23.3 Å². The van der Waals surface area contributed by atoms with Crippen LogP contribution in [0, 0.1) is 0 Å². The van der Waals surface area contributed by atoms with Gasteiger partial charge in [0.1, 0.15) is 6.04 Å². The second-order valence-electron chi connectivity index (χ2n) is 6.99. The zero-order chi connectivity index (χ0) is 20.9. The van der Waals surface area contributed by atoms with Gasteiger partial charge in [0.2, 0.25) is 5.90 Å². The molecule has 2 aliphatic heterocycles. The number of carbonyl (C=O) groups is 2. The highest BCUT2D eigenvalue weighted by atomic mass is 16.6.